The number of rotatable bonds is 5. The summed E-state index contributed by atoms with van der Waals surface area (Å²) in [6.45, 7) is 6.13. The number of carbonyl (C=O) groups is 1. The maximum atomic E-state index is 13.6. The SMILES string of the molecule is CC(C)(C)C(COc1ccccc1F)NC(=O)c1ccccn1. The minimum Gasteiger partial charge on any atom is -0.488 e. The van der Waals surface area contributed by atoms with Crippen molar-refractivity contribution in [1.29, 1.82) is 0 Å². The van der Waals surface area contributed by atoms with Gasteiger partial charge >= 0.3 is 0 Å². The van der Waals surface area contributed by atoms with Crippen LogP contribution in [-0.2, 0) is 0 Å². The van der Waals surface area contributed by atoms with Gasteiger partial charge in [0.15, 0.2) is 11.6 Å². The lowest BCUT2D eigenvalue weighted by Crippen LogP contribution is -2.47. The van der Waals surface area contributed by atoms with Gasteiger partial charge in [0.25, 0.3) is 5.91 Å². The number of aromatic nitrogens is 1. The Morgan fingerprint density at radius 3 is 2.52 bits per heavy atom. The van der Waals surface area contributed by atoms with E-state index in [9.17, 15) is 9.18 Å². The lowest BCUT2D eigenvalue weighted by atomic mass is 9.87. The zero-order chi connectivity index (χ0) is 16.9. The smallest absolute Gasteiger partial charge is 0.270 e. The Balaban J connectivity index is 2.06. The number of hydrogen-bond donors (Lipinski definition) is 1. The molecule has 1 unspecified atom stereocenters. The van der Waals surface area contributed by atoms with Crippen LogP contribution in [0.15, 0.2) is 48.7 Å². The fourth-order valence-corrected chi connectivity index (χ4v) is 1.97. The van der Waals surface area contributed by atoms with Crippen LogP contribution in [-0.4, -0.2) is 23.5 Å². The van der Waals surface area contributed by atoms with E-state index in [1.165, 1.54) is 6.07 Å². The number of hydrogen-bond acceptors (Lipinski definition) is 3. The van der Waals surface area contributed by atoms with Crippen LogP contribution < -0.4 is 10.1 Å². The summed E-state index contributed by atoms with van der Waals surface area (Å²) in [4.78, 5) is 16.3. The molecule has 1 atom stereocenters. The van der Waals surface area contributed by atoms with Crippen molar-refractivity contribution in [1.82, 2.24) is 10.3 Å². The highest BCUT2D eigenvalue weighted by Crippen LogP contribution is 2.22. The van der Waals surface area contributed by atoms with E-state index in [-0.39, 0.29) is 29.7 Å². The molecule has 0 aliphatic rings. The first kappa shape index (κ1) is 16.9. The van der Waals surface area contributed by atoms with Crippen molar-refractivity contribution in [3.05, 3.63) is 60.2 Å². The van der Waals surface area contributed by atoms with Crippen molar-refractivity contribution in [3.63, 3.8) is 0 Å². The predicted octanol–water partition coefficient (Wildman–Crippen LogP) is 3.44. The number of nitrogens with one attached hydrogen (secondary N) is 1. The fraction of sp³-hybridized carbons (Fsp3) is 0.333. The van der Waals surface area contributed by atoms with Crippen LogP contribution in [0, 0.1) is 11.2 Å². The van der Waals surface area contributed by atoms with E-state index in [1.807, 2.05) is 20.8 Å². The zero-order valence-corrected chi connectivity index (χ0v) is 13.5. The molecule has 1 heterocycles. The van der Waals surface area contributed by atoms with Crippen molar-refractivity contribution in [2.45, 2.75) is 26.8 Å². The highest BCUT2D eigenvalue weighted by molar-refractivity contribution is 5.92. The number of pyridine rings is 1. The van der Waals surface area contributed by atoms with E-state index < -0.39 is 5.82 Å². The molecular formula is C18H21FN2O2. The quantitative estimate of drug-likeness (QED) is 0.919. The van der Waals surface area contributed by atoms with Crippen LogP contribution in [0.1, 0.15) is 31.3 Å². The molecule has 1 N–H and O–H groups in total. The number of nitrogens with zero attached hydrogens (tertiary/aromatic N) is 1. The Bertz CT molecular complexity index is 654. The maximum Gasteiger partial charge on any atom is 0.270 e. The normalized spacial score (nSPS) is 12.5. The number of carbonyl (C=O) groups excluding carboxylic acids is 1. The second kappa shape index (κ2) is 7.22. The largest absolute Gasteiger partial charge is 0.488 e. The number of amides is 1. The van der Waals surface area contributed by atoms with Gasteiger partial charge in [-0.3, -0.25) is 9.78 Å². The predicted molar refractivity (Wildman–Crippen MR) is 86.8 cm³/mol. The maximum absolute atomic E-state index is 13.6. The van der Waals surface area contributed by atoms with Crippen molar-refractivity contribution >= 4 is 5.91 Å². The molecule has 2 aromatic rings. The third kappa shape index (κ3) is 4.77. The first-order valence-corrected chi connectivity index (χ1v) is 7.47. The third-order valence-corrected chi connectivity index (χ3v) is 3.49. The molecule has 0 saturated heterocycles. The second-order valence-corrected chi connectivity index (χ2v) is 6.35. The molecule has 0 saturated carbocycles. The molecule has 23 heavy (non-hydrogen) atoms. The van der Waals surface area contributed by atoms with Gasteiger partial charge in [-0.05, 0) is 29.7 Å². The molecule has 1 aromatic heterocycles. The lowest BCUT2D eigenvalue weighted by Gasteiger charge is -2.31. The van der Waals surface area contributed by atoms with Gasteiger partial charge in [-0.15, -0.1) is 0 Å². The number of halogens is 1. The summed E-state index contributed by atoms with van der Waals surface area (Å²) in [5.41, 5.74) is 0.0861. The Morgan fingerprint density at radius 2 is 1.91 bits per heavy atom. The molecule has 0 radical (unpaired) electrons. The number of ether oxygens (including phenoxy) is 1. The molecular weight excluding hydrogens is 295 g/mol. The standard InChI is InChI=1S/C18H21FN2O2/c1-18(2,3)16(12-23-15-10-5-4-8-13(15)19)21-17(22)14-9-6-7-11-20-14/h4-11,16H,12H2,1-3H3,(H,21,22). The van der Waals surface area contributed by atoms with Gasteiger partial charge < -0.3 is 10.1 Å². The zero-order valence-electron chi connectivity index (χ0n) is 13.5. The molecule has 0 spiro atoms. The third-order valence-electron chi connectivity index (χ3n) is 3.49. The summed E-state index contributed by atoms with van der Waals surface area (Å²) >= 11 is 0. The minimum atomic E-state index is -0.420. The molecule has 5 heteroatoms. The monoisotopic (exact) mass is 316 g/mol. The summed E-state index contributed by atoms with van der Waals surface area (Å²) in [5.74, 6) is -0.521. The van der Waals surface area contributed by atoms with Gasteiger partial charge in [-0.1, -0.05) is 39.0 Å². The van der Waals surface area contributed by atoms with E-state index in [0.717, 1.165) is 0 Å². The summed E-state index contributed by atoms with van der Waals surface area (Å²) in [6.07, 6.45) is 1.57. The second-order valence-electron chi connectivity index (χ2n) is 6.35. The fourth-order valence-electron chi connectivity index (χ4n) is 1.97. The average Bonchev–Trinajstić information content (AvgIpc) is 2.52. The number of para-hydroxylation sites is 1. The van der Waals surface area contributed by atoms with Crippen LogP contribution >= 0.6 is 0 Å². The molecule has 1 aromatic carbocycles. The van der Waals surface area contributed by atoms with Crippen molar-refractivity contribution < 1.29 is 13.9 Å². The summed E-state index contributed by atoms with van der Waals surface area (Å²) in [5, 5.41) is 2.91. The van der Waals surface area contributed by atoms with Gasteiger partial charge in [0.05, 0.1) is 6.04 Å². The lowest BCUT2D eigenvalue weighted by molar-refractivity contribution is 0.0855. The molecule has 0 aliphatic heterocycles. The molecule has 0 bridgehead atoms. The molecule has 0 fully saturated rings. The minimum absolute atomic E-state index is 0.170. The Morgan fingerprint density at radius 1 is 1.22 bits per heavy atom. The first-order chi connectivity index (χ1) is 10.9. The van der Waals surface area contributed by atoms with E-state index >= 15 is 0 Å². The Labute approximate surface area is 135 Å². The molecule has 4 nitrogen and oxygen atoms in total. The van der Waals surface area contributed by atoms with Crippen LogP contribution in [0.5, 0.6) is 5.75 Å². The van der Waals surface area contributed by atoms with Crippen LogP contribution in [0.4, 0.5) is 4.39 Å². The summed E-state index contributed by atoms with van der Waals surface area (Å²) in [7, 11) is 0. The Hall–Kier alpha value is -2.43. The van der Waals surface area contributed by atoms with Crippen molar-refractivity contribution in [2.24, 2.45) is 5.41 Å². The number of benzene rings is 1. The van der Waals surface area contributed by atoms with E-state index in [2.05, 4.69) is 10.3 Å². The van der Waals surface area contributed by atoms with Crippen molar-refractivity contribution in [2.75, 3.05) is 6.61 Å². The van der Waals surface area contributed by atoms with Gasteiger partial charge in [0.2, 0.25) is 0 Å². The van der Waals surface area contributed by atoms with Gasteiger partial charge in [0, 0.05) is 6.20 Å². The summed E-state index contributed by atoms with van der Waals surface area (Å²) in [6, 6.07) is 11.1. The van der Waals surface area contributed by atoms with Crippen molar-refractivity contribution in [3.8, 4) is 5.75 Å². The molecule has 2 rings (SSSR count). The van der Waals surface area contributed by atoms with Gasteiger partial charge in [-0.2, -0.15) is 0 Å². The highest BCUT2D eigenvalue weighted by atomic mass is 19.1. The average molecular weight is 316 g/mol. The topological polar surface area (TPSA) is 51.2 Å². The van der Waals surface area contributed by atoms with E-state index in [4.69, 9.17) is 4.74 Å². The van der Waals surface area contributed by atoms with E-state index in [0.29, 0.717) is 5.69 Å². The molecule has 0 aliphatic carbocycles. The van der Waals surface area contributed by atoms with Gasteiger partial charge in [0.1, 0.15) is 12.3 Å². The van der Waals surface area contributed by atoms with Crippen LogP contribution in [0.25, 0.3) is 0 Å². The van der Waals surface area contributed by atoms with Crippen LogP contribution in [0.2, 0.25) is 0 Å². The van der Waals surface area contributed by atoms with Gasteiger partial charge in [-0.25, -0.2) is 4.39 Å². The Kier molecular flexibility index (Phi) is 5.32. The molecule has 122 valence electrons. The molecule has 1 amide bonds. The van der Waals surface area contributed by atoms with E-state index in [1.54, 1.807) is 42.6 Å². The first-order valence-electron chi connectivity index (χ1n) is 7.47. The highest BCUT2D eigenvalue weighted by Gasteiger charge is 2.28. The summed E-state index contributed by atoms with van der Waals surface area (Å²) < 4.78 is 19.2. The van der Waals surface area contributed by atoms with Crippen LogP contribution in [0.3, 0.4) is 0 Å².